The summed E-state index contributed by atoms with van der Waals surface area (Å²) < 4.78 is 24.9. The van der Waals surface area contributed by atoms with E-state index in [1.165, 1.54) is 6.26 Å². The molecule has 3 aliphatic rings. The molecule has 9 nitrogen and oxygen atoms in total. The van der Waals surface area contributed by atoms with Gasteiger partial charge in [0.15, 0.2) is 5.96 Å². The molecule has 11 heteroatoms. The topological polar surface area (TPSA) is 97.3 Å². The Morgan fingerprint density at radius 3 is 2.20 bits per heavy atom. The Labute approximate surface area is 198 Å². The highest BCUT2D eigenvalue weighted by Gasteiger charge is 2.27. The predicted octanol–water partition coefficient (Wildman–Crippen LogP) is 0.138. The van der Waals surface area contributed by atoms with Crippen LogP contribution in [0.5, 0.6) is 0 Å². The maximum absolute atomic E-state index is 12.0. The molecule has 2 N–H and O–H groups in total. The summed E-state index contributed by atoms with van der Waals surface area (Å²) in [7, 11) is -3.08. The second kappa shape index (κ2) is 11.8. The minimum atomic E-state index is -3.08. The second-order valence-corrected chi connectivity index (χ2v) is 10.4. The first-order valence-electron chi connectivity index (χ1n) is 10.8. The Balaban J connectivity index is 0.00000320. The van der Waals surface area contributed by atoms with Gasteiger partial charge in [-0.15, -0.1) is 24.0 Å². The summed E-state index contributed by atoms with van der Waals surface area (Å²) in [5, 5.41) is 6.44. The quantitative estimate of drug-likeness (QED) is 0.263. The van der Waals surface area contributed by atoms with Crippen molar-refractivity contribution >= 4 is 45.9 Å². The molecule has 0 unspecified atom stereocenters. The molecule has 2 aliphatic heterocycles. The van der Waals surface area contributed by atoms with Crippen LogP contribution in [0.25, 0.3) is 0 Å². The van der Waals surface area contributed by atoms with Crippen molar-refractivity contribution in [3.63, 3.8) is 0 Å². The van der Waals surface area contributed by atoms with Gasteiger partial charge in [-0.05, 0) is 38.5 Å². The van der Waals surface area contributed by atoms with Crippen LogP contribution in [-0.4, -0.2) is 106 Å². The lowest BCUT2D eigenvalue weighted by atomic mass is 9.98. The van der Waals surface area contributed by atoms with Gasteiger partial charge in [-0.2, -0.15) is 0 Å². The minimum Gasteiger partial charge on any atom is -0.357 e. The van der Waals surface area contributed by atoms with Crippen molar-refractivity contribution in [3.05, 3.63) is 0 Å². The first-order chi connectivity index (χ1) is 13.8. The van der Waals surface area contributed by atoms with Crippen LogP contribution < -0.4 is 10.6 Å². The highest BCUT2D eigenvalue weighted by atomic mass is 127. The normalized spacial score (nSPS) is 22.5. The van der Waals surface area contributed by atoms with Gasteiger partial charge < -0.3 is 15.5 Å². The molecule has 0 bridgehead atoms. The standard InChI is InChI=1S/C19H36N6O3S.HI/c1-3-20-19(21-14-16-6-8-25(9-7-16)29(2,27)28)24-12-10-23(11-13-24)15-18(26)22-17-4-5-17;/h16-17H,3-15H2,1-2H3,(H,20,21)(H,22,26);1H. The van der Waals surface area contributed by atoms with Gasteiger partial charge in [0.25, 0.3) is 0 Å². The van der Waals surface area contributed by atoms with Crippen molar-refractivity contribution in [1.82, 2.24) is 24.7 Å². The number of sulfonamides is 1. The molecule has 1 amide bonds. The summed E-state index contributed by atoms with van der Waals surface area (Å²) in [5.74, 6) is 1.50. The number of guanidine groups is 1. The van der Waals surface area contributed by atoms with Crippen LogP contribution in [0.4, 0.5) is 0 Å². The number of hydrogen-bond donors (Lipinski definition) is 2. The van der Waals surface area contributed by atoms with Gasteiger partial charge in [0.05, 0.1) is 12.8 Å². The number of aliphatic imine (C=N–C) groups is 1. The molecule has 0 aromatic rings. The van der Waals surface area contributed by atoms with Gasteiger partial charge in [-0.25, -0.2) is 12.7 Å². The van der Waals surface area contributed by atoms with Gasteiger partial charge in [0.1, 0.15) is 0 Å². The maximum Gasteiger partial charge on any atom is 0.234 e. The summed E-state index contributed by atoms with van der Waals surface area (Å²) in [6, 6.07) is 0.417. The van der Waals surface area contributed by atoms with E-state index in [4.69, 9.17) is 4.99 Å². The van der Waals surface area contributed by atoms with E-state index < -0.39 is 10.0 Å². The number of amides is 1. The fraction of sp³-hybridized carbons (Fsp3) is 0.895. The van der Waals surface area contributed by atoms with Crippen molar-refractivity contribution < 1.29 is 13.2 Å². The highest BCUT2D eigenvalue weighted by Crippen LogP contribution is 2.20. The molecule has 1 saturated carbocycles. The zero-order valence-electron chi connectivity index (χ0n) is 18.2. The van der Waals surface area contributed by atoms with Gasteiger partial charge in [-0.3, -0.25) is 14.7 Å². The monoisotopic (exact) mass is 556 g/mol. The first-order valence-corrected chi connectivity index (χ1v) is 12.7. The van der Waals surface area contributed by atoms with Crippen LogP contribution in [0.15, 0.2) is 4.99 Å². The molecular weight excluding hydrogens is 519 g/mol. The van der Waals surface area contributed by atoms with E-state index in [1.807, 2.05) is 0 Å². The molecule has 3 rings (SSSR count). The van der Waals surface area contributed by atoms with Crippen molar-refractivity contribution in [3.8, 4) is 0 Å². The average molecular weight is 557 g/mol. The van der Waals surface area contributed by atoms with Crippen LogP contribution in [0.2, 0.25) is 0 Å². The molecule has 30 heavy (non-hydrogen) atoms. The van der Waals surface area contributed by atoms with Crippen molar-refractivity contribution in [2.45, 2.75) is 38.6 Å². The number of nitrogens with zero attached hydrogens (tertiary/aromatic N) is 4. The highest BCUT2D eigenvalue weighted by molar-refractivity contribution is 14.0. The van der Waals surface area contributed by atoms with E-state index in [0.717, 1.165) is 70.9 Å². The first kappa shape index (κ1) is 25.6. The summed E-state index contributed by atoms with van der Waals surface area (Å²) in [6.07, 6.45) is 5.24. The molecule has 2 heterocycles. The summed E-state index contributed by atoms with van der Waals surface area (Å²) >= 11 is 0. The Morgan fingerprint density at radius 2 is 1.67 bits per heavy atom. The number of rotatable bonds is 7. The zero-order valence-corrected chi connectivity index (χ0v) is 21.3. The van der Waals surface area contributed by atoms with Crippen LogP contribution in [0.1, 0.15) is 32.6 Å². The Bertz CT molecular complexity index is 684. The van der Waals surface area contributed by atoms with Crippen LogP contribution in [0, 0.1) is 5.92 Å². The number of carbonyl (C=O) groups excluding carboxylic acids is 1. The number of halogens is 1. The lowest BCUT2D eigenvalue weighted by molar-refractivity contribution is -0.122. The molecule has 0 aromatic heterocycles. The summed E-state index contributed by atoms with van der Waals surface area (Å²) in [6.45, 7) is 8.71. The lowest BCUT2D eigenvalue weighted by Gasteiger charge is -2.36. The van der Waals surface area contributed by atoms with E-state index in [2.05, 4.69) is 27.4 Å². The van der Waals surface area contributed by atoms with Crippen molar-refractivity contribution in [2.75, 3.05) is 65.2 Å². The SMILES string of the molecule is CCNC(=NCC1CCN(S(C)(=O)=O)CC1)N1CCN(CC(=O)NC2CC2)CC1.I. The van der Waals surface area contributed by atoms with E-state index in [1.54, 1.807) is 4.31 Å². The second-order valence-electron chi connectivity index (χ2n) is 8.41. The molecule has 2 saturated heterocycles. The molecule has 0 radical (unpaired) electrons. The van der Waals surface area contributed by atoms with Gasteiger partial charge >= 0.3 is 0 Å². The molecule has 3 fully saturated rings. The smallest absolute Gasteiger partial charge is 0.234 e. The van der Waals surface area contributed by atoms with Crippen molar-refractivity contribution in [1.29, 1.82) is 0 Å². The molecule has 0 aromatic carbocycles. The fourth-order valence-corrected chi connectivity index (χ4v) is 4.76. The van der Waals surface area contributed by atoms with Gasteiger partial charge in [0, 0.05) is 58.4 Å². The molecule has 1 aliphatic carbocycles. The van der Waals surface area contributed by atoms with Gasteiger partial charge in [-0.1, -0.05) is 0 Å². The summed E-state index contributed by atoms with van der Waals surface area (Å²) in [5.41, 5.74) is 0. The third kappa shape index (κ3) is 8.12. The van der Waals surface area contributed by atoms with E-state index >= 15 is 0 Å². The molecular formula is C19H37IN6O3S. The number of carbonyl (C=O) groups is 1. The van der Waals surface area contributed by atoms with Crippen LogP contribution in [0.3, 0.4) is 0 Å². The number of piperidine rings is 1. The maximum atomic E-state index is 12.0. The zero-order chi connectivity index (χ0) is 20.9. The number of nitrogens with one attached hydrogen (secondary N) is 2. The largest absolute Gasteiger partial charge is 0.357 e. The van der Waals surface area contributed by atoms with E-state index in [9.17, 15) is 13.2 Å². The predicted molar refractivity (Wildman–Crippen MR) is 130 cm³/mol. The third-order valence-electron chi connectivity index (χ3n) is 5.86. The Kier molecular flexibility index (Phi) is 10.1. The third-order valence-corrected chi connectivity index (χ3v) is 7.16. The van der Waals surface area contributed by atoms with Crippen LogP contribution in [-0.2, 0) is 14.8 Å². The van der Waals surface area contributed by atoms with Crippen LogP contribution >= 0.6 is 24.0 Å². The van der Waals surface area contributed by atoms with Gasteiger partial charge in [0.2, 0.25) is 15.9 Å². The number of piperazine rings is 1. The Morgan fingerprint density at radius 1 is 1.03 bits per heavy atom. The Hall–Kier alpha value is -0.660. The van der Waals surface area contributed by atoms with E-state index in [0.29, 0.717) is 31.6 Å². The lowest BCUT2D eigenvalue weighted by Crippen LogP contribution is -2.54. The molecule has 0 spiro atoms. The summed E-state index contributed by atoms with van der Waals surface area (Å²) in [4.78, 5) is 21.3. The van der Waals surface area contributed by atoms with E-state index in [-0.39, 0.29) is 29.9 Å². The van der Waals surface area contributed by atoms with Crippen molar-refractivity contribution in [2.24, 2.45) is 10.9 Å². The average Bonchev–Trinajstić information content (AvgIpc) is 3.49. The fourth-order valence-electron chi connectivity index (χ4n) is 3.89. The minimum absolute atomic E-state index is 0. The molecule has 174 valence electrons. The number of hydrogen-bond acceptors (Lipinski definition) is 5. The molecule has 0 atom stereocenters.